The molecule has 0 radical (unpaired) electrons. The highest BCUT2D eigenvalue weighted by molar-refractivity contribution is 7.10. The van der Waals surface area contributed by atoms with E-state index in [9.17, 15) is 9.59 Å². The molecule has 5 rings (SSSR count). The molecule has 6 nitrogen and oxygen atoms in total. The molecule has 1 aliphatic heterocycles. The predicted octanol–water partition coefficient (Wildman–Crippen LogP) is 4.58. The summed E-state index contributed by atoms with van der Waals surface area (Å²) < 4.78 is 9.76. The third-order valence-electron chi connectivity index (χ3n) is 6.38. The number of aromatic nitrogens is 2. The standard InChI is InChI=1S/C28H27N3O3S2/c1-6-34-27(33)24-18(4)29-28-31(25(24)22-8-7-13-35-22)26(32)23(36-28)15-20-14-17(3)30(19(20)5)21-11-9-16(2)10-12-21/h7-15,25H,6H2,1-5H3. The molecule has 36 heavy (non-hydrogen) atoms. The zero-order valence-electron chi connectivity index (χ0n) is 20.9. The van der Waals surface area contributed by atoms with Gasteiger partial charge in [-0.2, -0.15) is 0 Å². The molecule has 0 bridgehead atoms. The average Bonchev–Trinajstić information content (AvgIpc) is 3.54. The lowest BCUT2D eigenvalue weighted by molar-refractivity contribution is -0.139. The van der Waals surface area contributed by atoms with Crippen LogP contribution >= 0.6 is 22.7 Å². The van der Waals surface area contributed by atoms with Crippen LogP contribution in [-0.2, 0) is 9.53 Å². The molecule has 0 amide bonds. The van der Waals surface area contributed by atoms with Gasteiger partial charge in [-0.15, -0.1) is 11.3 Å². The summed E-state index contributed by atoms with van der Waals surface area (Å²) in [6.45, 7) is 10.0. The first-order valence-corrected chi connectivity index (χ1v) is 13.5. The van der Waals surface area contributed by atoms with Crippen molar-refractivity contribution in [2.75, 3.05) is 6.61 Å². The Morgan fingerprint density at radius 2 is 1.89 bits per heavy atom. The summed E-state index contributed by atoms with van der Waals surface area (Å²) in [6.07, 6.45) is 1.94. The number of carbonyl (C=O) groups excluding carboxylic acids is 1. The van der Waals surface area contributed by atoms with E-state index in [0.717, 1.165) is 27.5 Å². The molecule has 0 saturated heterocycles. The van der Waals surface area contributed by atoms with Crippen molar-refractivity contribution in [2.45, 2.75) is 40.7 Å². The van der Waals surface area contributed by atoms with Crippen LogP contribution in [0.3, 0.4) is 0 Å². The van der Waals surface area contributed by atoms with E-state index < -0.39 is 12.0 Å². The Morgan fingerprint density at radius 1 is 1.14 bits per heavy atom. The maximum atomic E-state index is 13.8. The van der Waals surface area contributed by atoms with Crippen molar-refractivity contribution in [1.29, 1.82) is 0 Å². The number of ether oxygens (including phenoxy) is 1. The van der Waals surface area contributed by atoms with Crippen LogP contribution in [0.5, 0.6) is 0 Å². The lowest BCUT2D eigenvalue weighted by Crippen LogP contribution is -2.39. The van der Waals surface area contributed by atoms with Gasteiger partial charge in [-0.1, -0.05) is 35.1 Å². The van der Waals surface area contributed by atoms with Crippen LogP contribution in [0.2, 0.25) is 0 Å². The molecule has 8 heteroatoms. The van der Waals surface area contributed by atoms with E-state index >= 15 is 0 Å². The van der Waals surface area contributed by atoms with Crippen LogP contribution in [0, 0.1) is 20.8 Å². The van der Waals surface area contributed by atoms with Gasteiger partial charge in [-0.05, 0) is 75.9 Å². The second-order valence-corrected chi connectivity index (χ2v) is 10.8. The van der Waals surface area contributed by atoms with Gasteiger partial charge in [0.2, 0.25) is 0 Å². The van der Waals surface area contributed by atoms with Crippen LogP contribution in [0.15, 0.2) is 68.9 Å². The number of allylic oxidation sites excluding steroid dienone is 1. The van der Waals surface area contributed by atoms with E-state index in [0.29, 0.717) is 20.6 Å². The Kier molecular flexibility index (Phi) is 6.40. The van der Waals surface area contributed by atoms with E-state index in [1.165, 1.54) is 28.2 Å². The highest BCUT2D eigenvalue weighted by Crippen LogP contribution is 2.33. The van der Waals surface area contributed by atoms with Crippen LogP contribution in [0.4, 0.5) is 0 Å². The fourth-order valence-electron chi connectivity index (χ4n) is 4.67. The van der Waals surface area contributed by atoms with Crippen LogP contribution in [-0.4, -0.2) is 21.7 Å². The number of hydrogen-bond donors (Lipinski definition) is 0. The number of nitrogens with zero attached hydrogens (tertiary/aromatic N) is 3. The molecule has 1 aliphatic rings. The second kappa shape index (κ2) is 9.52. The van der Waals surface area contributed by atoms with Gasteiger partial charge in [0, 0.05) is 22.0 Å². The summed E-state index contributed by atoms with van der Waals surface area (Å²) in [5.74, 6) is -0.437. The van der Waals surface area contributed by atoms with Crippen LogP contribution in [0.1, 0.15) is 47.3 Å². The van der Waals surface area contributed by atoms with E-state index in [2.05, 4.69) is 60.7 Å². The summed E-state index contributed by atoms with van der Waals surface area (Å²) in [4.78, 5) is 32.8. The molecular weight excluding hydrogens is 490 g/mol. The molecule has 0 fully saturated rings. The fraction of sp³-hybridized carbons (Fsp3) is 0.250. The van der Waals surface area contributed by atoms with Crippen molar-refractivity contribution in [3.05, 3.63) is 106 Å². The molecule has 0 aliphatic carbocycles. The normalized spacial score (nSPS) is 15.7. The maximum absolute atomic E-state index is 13.8. The van der Waals surface area contributed by atoms with Gasteiger partial charge >= 0.3 is 5.97 Å². The molecule has 0 N–H and O–H groups in total. The van der Waals surface area contributed by atoms with Crippen LogP contribution < -0.4 is 14.9 Å². The largest absolute Gasteiger partial charge is 0.463 e. The topological polar surface area (TPSA) is 65.6 Å². The number of thiazole rings is 1. The molecule has 0 spiro atoms. The Balaban J connectivity index is 1.67. The average molecular weight is 518 g/mol. The minimum Gasteiger partial charge on any atom is -0.463 e. The lowest BCUT2D eigenvalue weighted by atomic mass is 10.0. The fourth-order valence-corrected chi connectivity index (χ4v) is 6.53. The molecule has 0 saturated carbocycles. The van der Waals surface area contributed by atoms with Gasteiger partial charge in [0.05, 0.1) is 22.4 Å². The molecule has 1 aromatic carbocycles. The highest BCUT2D eigenvalue weighted by atomic mass is 32.1. The van der Waals surface area contributed by atoms with E-state index in [1.54, 1.807) is 18.4 Å². The number of fused-ring (bicyclic) bond motifs is 1. The summed E-state index contributed by atoms with van der Waals surface area (Å²) in [5, 5.41) is 1.95. The van der Waals surface area contributed by atoms with Crippen molar-refractivity contribution in [3.63, 3.8) is 0 Å². The van der Waals surface area contributed by atoms with E-state index in [-0.39, 0.29) is 12.2 Å². The lowest BCUT2D eigenvalue weighted by Gasteiger charge is -2.23. The number of hydrogen-bond acceptors (Lipinski definition) is 6. The minimum absolute atomic E-state index is 0.161. The third kappa shape index (κ3) is 4.10. The summed E-state index contributed by atoms with van der Waals surface area (Å²) >= 11 is 2.86. The molecule has 3 aromatic heterocycles. The van der Waals surface area contributed by atoms with Crippen molar-refractivity contribution in [3.8, 4) is 5.69 Å². The molecule has 4 heterocycles. The highest BCUT2D eigenvalue weighted by Gasteiger charge is 2.33. The van der Waals surface area contributed by atoms with Crippen molar-refractivity contribution < 1.29 is 9.53 Å². The first kappa shape index (κ1) is 24.2. The predicted molar refractivity (Wildman–Crippen MR) is 145 cm³/mol. The maximum Gasteiger partial charge on any atom is 0.338 e. The second-order valence-electron chi connectivity index (χ2n) is 8.82. The van der Waals surface area contributed by atoms with E-state index in [4.69, 9.17) is 4.74 Å². The third-order valence-corrected chi connectivity index (χ3v) is 8.29. The van der Waals surface area contributed by atoms with Gasteiger partial charge in [-0.25, -0.2) is 9.79 Å². The van der Waals surface area contributed by atoms with Gasteiger partial charge < -0.3 is 9.30 Å². The van der Waals surface area contributed by atoms with Gasteiger partial charge in [0.15, 0.2) is 4.80 Å². The zero-order valence-corrected chi connectivity index (χ0v) is 22.5. The minimum atomic E-state index is -0.553. The summed E-state index contributed by atoms with van der Waals surface area (Å²) in [7, 11) is 0. The monoisotopic (exact) mass is 517 g/mol. The first-order chi connectivity index (χ1) is 17.3. The van der Waals surface area contributed by atoms with Gasteiger partial charge in [-0.3, -0.25) is 9.36 Å². The van der Waals surface area contributed by atoms with Gasteiger partial charge in [0.1, 0.15) is 6.04 Å². The molecule has 4 aromatic rings. The van der Waals surface area contributed by atoms with E-state index in [1.807, 2.05) is 23.6 Å². The van der Waals surface area contributed by atoms with Crippen molar-refractivity contribution in [1.82, 2.24) is 9.13 Å². The van der Waals surface area contributed by atoms with Crippen molar-refractivity contribution in [2.24, 2.45) is 4.99 Å². The van der Waals surface area contributed by atoms with Gasteiger partial charge in [0.25, 0.3) is 5.56 Å². The SMILES string of the molecule is CCOC(=O)C1=C(C)N=c2sc(=Cc3cc(C)n(-c4ccc(C)cc4)c3C)c(=O)n2C1c1cccs1. The summed E-state index contributed by atoms with van der Waals surface area (Å²) in [6, 6.07) is 13.8. The quantitative estimate of drug-likeness (QED) is 0.364. The Bertz CT molecular complexity index is 1670. The molecule has 184 valence electrons. The number of benzene rings is 1. The Morgan fingerprint density at radius 3 is 2.56 bits per heavy atom. The Labute approximate surface area is 217 Å². The number of carbonyl (C=O) groups is 1. The smallest absolute Gasteiger partial charge is 0.338 e. The Hall–Kier alpha value is -3.49. The number of rotatable bonds is 5. The first-order valence-electron chi connectivity index (χ1n) is 11.8. The zero-order chi connectivity index (χ0) is 25.6. The number of esters is 1. The summed E-state index contributed by atoms with van der Waals surface area (Å²) in [5.41, 5.74) is 6.25. The number of thiophene rings is 1. The number of aryl methyl sites for hydroxylation is 2. The molecule has 1 atom stereocenters. The molecule has 1 unspecified atom stereocenters. The van der Waals surface area contributed by atoms with Crippen molar-refractivity contribution >= 4 is 34.7 Å². The van der Waals surface area contributed by atoms with Crippen LogP contribution in [0.25, 0.3) is 11.8 Å². The molecular formula is C28H27N3O3S2.